The normalized spacial score (nSPS) is 21.1. The summed E-state index contributed by atoms with van der Waals surface area (Å²) in [6.45, 7) is 9.38. The van der Waals surface area contributed by atoms with Crippen LogP contribution in [0, 0.1) is 5.82 Å². The molecule has 1 aliphatic carbocycles. The third-order valence-electron chi connectivity index (χ3n) is 5.11. The SMILES string of the molecule is C=C(NC(Cc1sccc1F)C(=O)N[C@]1(C(N)=O)CC1c1ccccc1)OC(C)(C)C. The molecule has 2 amide bonds. The lowest BCUT2D eigenvalue weighted by Gasteiger charge is -2.27. The number of ether oxygens (including phenoxy) is 1. The fraction of sp³-hybridized carbons (Fsp3) is 0.391. The van der Waals surface area contributed by atoms with Crippen molar-refractivity contribution in [3.05, 3.63) is 70.5 Å². The van der Waals surface area contributed by atoms with Gasteiger partial charge in [0, 0.05) is 17.2 Å². The van der Waals surface area contributed by atoms with E-state index in [1.54, 1.807) is 5.38 Å². The van der Waals surface area contributed by atoms with Gasteiger partial charge in [0.25, 0.3) is 0 Å². The van der Waals surface area contributed by atoms with Crippen LogP contribution < -0.4 is 16.4 Å². The van der Waals surface area contributed by atoms with E-state index in [2.05, 4.69) is 17.2 Å². The molecule has 166 valence electrons. The van der Waals surface area contributed by atoms with Gasteiger partial charge in [0.15, 0.2) is 5.88 Å². The number of nitrogens with one attached hydrogen (secondary N) is 2. The topological polar surface area (TPSA) is 93.5 Å². The van der Waals surface area contributed by atoms with Crippen molar-refractivity contribution in [2.75, 3.05) is 0 Å². The molecule has 0 radical (unpaired) electrons. The van der Waals surface area contributed by atoms with Gasteiger partial charge in [-0.2, -0.15) is 0 Å². The van der Waals surface area contributed by atoms with Crippen molar-refractivity contribution in [1.82, 2.24) is 10.6 Å². The van der Waals surface area contributed by atoms with Gasteiger partial charge in [0.2, 0.25) is 11.8 Å². The molecule has 0 aliphatic heterocycles. The molecule has 1 aliphatic rings. The first-order valence-corrected chi connectivity index (χ1v) is 10.9. The zero-order valence-corrected chi connectivity index (χ0v) is 18.7. The molecule has 4 N–H and O–H groups in total. The van der Waals surface area contributed by atoms with E-state index in [1.807, 2.05) is 51.1 Å². The van der Waals surface area contributed by atoms with Crippen molar-refractivity contribution in [1.29, 1.82) is 0 Å². The molecule has 1 heterocycles. The number of carbonyl (C=O) groups excluding carboxylic acids is 2. The summed E-state index contributed by atoms with van der Waals surface area (Å²) in [5.74, 6) is -1.47. The van der Waals surface area contributed by atoms with Crippen molar-refractivity contribution in [3.63, 3.8) is 0 Å². The largest absolute Gasteiger partial charge is 0.474 e. The number of rotatable bonds is 9. The van der Waals surface area contributed by atoms with Gasteiger partial charge in [-0.15, -0.1) is 11.3 Å². The smallest absolute Gasteiger partial charge is 0.243 e. The highest BCUT2D eigenvalue weighted by Crippen LogP contribution is 2.51. The molecule has 8 heteroatoms. The van der Waals surface area contributed by atoms with E-state index in [-0.39, 0.29) is 24.0 Å². The van der Waals surface area contributed by atoms with E-state index in [1.165, 1.54) is 17.4 Å². The summed E-state index contributed by atoms with van der Waals surface area (Å²) in [7, 11) is 0. The summed E-state index contributed by atoms with van der Waals surface area (Å²) in [5, 5.41) is 7.39. The lowest BCUT2D eigenvalue weighted by molar-refractivity contribution is -0.129. The Morgan fingerprint density at radius 1 is 1.32 bits per heavy atom. The number of amides is 2. The molecule has 1 aromatic carbocycles. The van der Waals surface area contributed by atoms with E-state index < -0.39 is 29.0 Å². The van der Waals surface area contributed by atoms with Gasteiger partial charge >= 0.3 is 0 Å². The molecule has 2 unspecified atom stereocenters. The van der Waals surface area contributed by atoms with Gasteiger partial charge in [-0.3, -0.25) is 9.59 Å². The average Bonchev–Trinajstić information content (AvgIpc) is 3.28. The predicted octanol–water partition coefficient (Wildman–Crippen LogP) is 3.20. The number of hydrogen-bond donors (Lipinski definition) is 3. The van der Waals surface area contributed by atoms with Gasteiger partial charge in [-0.05, 0) is 50.8 Å². The Kier molecular flexibility index (Phi) is 6.40. The maximum atomic E-state index is 14.1. The minimum atomic E-state index is -1.17. The summed E-state index contributed by atoms with van der Waals surface area (Å²) in [6.07, 6.45) is 0.490. The highest BCUT2D eigenvalue weighted by atomic mass is 32.1. The molecular weight excluding hydrogens is 417 g/mol. The second kappa shape index (κ2) is 8.70. The third-order valence-corrected chi connectivity index (χ3v) is 6.03. The number of nitrogens with two attached hydrogens (primary N) is 1. The number of thiophene rings is 1. The van der Waals surface area contributed by atoms with Crippen LogP contribution in [-0.2, 0) is 20.7 Å². The molecule has 31 heavy (non-hydrogen) atoms. The molecular formula is C23H28FN3O3S. The molecule has 0 bridgehead atoms. The first kappa shape index (κ1) is 22.8. The van der Waals surface area contributed by atoms with Gasteiger partial charge in [-0.25, -0.2) is 4.39 Å². The number of halogens is 1. The van der Waals surface area contributed by atoms with Crippen LogP contribution >= 0.6 is 11.3 Å². The van der Waals surface area contributed by atoms with Crippen LogP contribution in [0.5, 0.6) is 0 Å². The number of primary amides is 1. The maximum Gasteiger partial charge on any atom is 0.243 e. The van der Waals surface area contributed by atoms with E-state index in [9.17, 15) is 14.0 Å². The maximum absolute atomic E-state index is 14.1. The van der Waals surface area contributed by atoms with Crippen LogP contribution in [0.2, 0.25) is 0 Å². The van der Waals surface area contributed by atoms with Crippen LogP contribution in [0.25, 0.3) is 0 Å². The van der Waals surface area contributed by atoms with Gasteiger partial charge < -0.3 is 21.1 Å². The van der Waals surface area contributed by atoms with Gasteiger partial charge in [0.05, 0.1) is 0 Å². The van der Waals surface area contributed by atoms with Crippen molar-refractivity contribution in [3.8, 4) is 0 Å². The second-order valence-corrected chi connectivity index (χ2v) is 9.72. The van der Waals surface area contributed by atoms with Crippen LogP contribution in [0.1, 0.15) is 43.6 Å². The molecule has 0 spiro atoms. The quantitative estimate of drug-likeness (QED) is 0.517. The highest BCUT2D eigenvalue weighted by molar-refractivity contribution is 7.09. The Bertz CT molecular complexity index is 970. The average molecular weight is 446 g/mol. The zero-order valence-electron chi connectivity index (χ0n) is 17.9. The Hall–Kier alpha value is -2.87. The molecule has 2 aromatic rings. The second-order valence-electron chi connectivity index (χ2n) is 8.72. The number of benzene rings is 1. The van der Waals surface area contributed by atoms with E-state index in [0.29, 0.717) is 11.3 Å². The molecule has 6 nitrogen and oxygen atoms in total. The summed E-state index contributed by atoms with van der Waals surface area (Å²) < 4.78 is 19.8. The Morgan fingerprint density at radius 2 is 2.00 bits per heavy atom. The van der Waals surface area contributed by atoms with E-state index >= 15 is 0 Å². The summed E-state index contributed by atoms with van der Waals surface area (Å²) in [5.41, 5.74) is 4.91. The highest BCUT2D eigenvalue weighted by Gasteiger charge is 2.61. The standard InChI is InChI=1S/C23H28FN3O3S/c1-14(30-22(2,3)4)26-18(12-19-17(24)10-11-31-19)20(28)27-23(21(25)29)13-16(23)15-8-6-5-7-9-15/h5-11,16,18,26H,1,12-13H2,2-4H3,(H2,25,29)(H,27,28)/t16?,18?,23-/m1/s1. The van der Waals surface area contributed by atoms with Crippen molar-refractivity contribution in [2.45, 2.75) is 56.7 Å². The lowest BCUT2D eigenvalue weighted by Crippen LogP contribution is -2.55. The van der Waals surface area contributed by atoms with Crippen LogP contribution in [0.3, 0.4) is 0 Å². The predicted molar refractivity (Wildman–Crippen MR) is 119 cm³/mol. The monoisotopic (exact) mass is 445 g/mol. The molecule has 0 saturated heterocycles. The lowest BCUT2D eigenvalue weighted by atomic mass is 10.0. The molecule has 1 saturated carbocycles. The number of hydrogen-bond acceptors (Lipinski definition) is 5. The Balaban J connectivity index is 1.79. The molecule has 3 atom stereocenters. The Morgan fingerprint density at radius 3 is 2.55 bits per heavy atom. The summed E-state index contributed by atoms with van der Waals surface area (Å²) >= 11 is 1.22. The van der Waals surface area contributed by atoms with Crippen LogP contribution in [0.15, 0.2) is 54.2 Å². The van der Waals surface area contributed by atoms with Crippen molar-refractivity contribution < 1.29 is 18.7 Å². The first-order chi connectivity index (χ1) is 14.5. The van der Waals surface area contributed by atoms with Crippen LogP contribution in [0.4, 0.5) is 4.39 Å². The minimum Gasteiger partial charge on any atom is -0.474 e. The summed E-state index contributed by atoms with van der Waals surface area (Å²) in [4.78, 5) is 25.9. The first-order valence-electron chi connectivity index (χ1n) is 10.0. The van der Waals surface area contributed by atoms with Gasteiger partial charge in [0.1, 0.15) is 23.0 Å². The van der Waals surface area contributed by atoms with Gasteiger partial charge in [-0.1, -0.05) is 30.3 Å². The number of carbonyl (C=O) groups is 2. The molecule has 1 aromatic heterocycles. The zero-order chi connectivity index (χ0) is 22.8. The molecule has 1 fully saturated rings. The fourth-order valence-electron chi connectivity index (χ4n) is 3.59. The minimum absolute atomic E-state index is 0.0761. The Labute approximate surface area is 185 Å². The van der Waals surface area contributed by atoms with E-state index in [4.69, 9.17) is 10.5 Å². The summed E-state index contributed by atoms with van der Waals surface area (Å²) in [6, 6.07) is 9.89. The fourth-order valence-corrected chi connectivity index (χ4v) is 4.38. The third kappa shape index (κ3) is 5.44. The van der Waals surface area contributed by atoms with Crippen LogP contribution in [-0.4, -0.2) is 29.0 Å². The van der Waals surface area contributed by atoms with Crippen molar-refractivity contribution in [2.24, 2.45) is 5.73 Å². The van der Waals surface area contributed by atoms with E-state index in [0.717, 1.165) is 5.56 Å². The molecule has 3 rings (SSSR count). The van der Waals surface area contributed by atoms with Crippen molar-refractivity contribution >= 4 is 23.2 Å².